The molecule has 0 amide bonds. The molecule has 5 heteroatoms. The van der Waals surface area contributed by atoms with Crippen LogP contribution < -0.4 is 5.32 Å². The van der Waals surface area contributed by atoms with E-state index in [4.69, 9.17) is 16.7 Å². The summed E-state index contributed by atoms with van der Waals surface area (Å²) < 4.78 is 0. The predicted octanol–water partition coefficient (Wildman–Crippen LogP) is 4.20. The summed E-state index contributed by atoms with van der Waals surface area (Å²) in [5, 5.41) is 13.6. The fourth-order valence-electron chi connectivity index (χ4n) is 2.19. The number of hydrogen-bond acceptors (Lipinski definition) is 3. The average Bonchev–Trinajstić information content (AvgIpc) is 2.53. The number of para-hydroxylation sites is 1. The van der Waals surface area contributed by atoms with Crippen LogP contribution in [0, 0.1) is 0 Å². The van der Waals surface area contributed by atoms with E-state index >= 15 is 0 Å². The second-order valence-electron chi connectivity index (χ2n) is 4.87. The van der Waals surface area contributed by atoms with Gasteiger partial charge in [0.25, 0.3) is 0 Å². The van der Waals surface area contributed by atoms with Crippen molar-refractivity contribution in [1.29, 1.82) is 0 Å². The Balaban J connectivity index is 1.78. The Morgan fingerprint density at radius 1 is 1.14 bits per heavy atom. The third-order valence-electron chi connectivity index (χ3n) is 3.36. The predicted molar refractivity (Wildman–Crippen MR) is 87.5 cm³/mol. The SMILES string of the molecule is O=C(O)c1ccc(NCc2cc3ccccc3nc2Cl)cc1. The zero-order valence-electron chi connectivity index (χ0n) is 11.6. The summed E-state index contributed by atoms with van der Waals surface area (Å²) in [6.07, 6.45) is 0. The first-order valence-corrected chi connectivity index (χ1v) is 7.13. The summed E-state index contributed by atoms with van der Waals surface area (Å²) >= 11 is 6.21. The molecule has 0 spiro atoms. The number of halogens is 1. The minimum Gasteiger partial charge on any atom is -0.478 e. The van der Waals surface area contributed by atoms with Gasteiger partial charge in [0, 0.05) is 23.2 Å². The van der Waals surface area contributed by atoms with Gasteiger partial charge >= 0.3 is 5.97 Å². The van der Waals surface area contributed by atoms with Gasteiger partial charge in [0.1, 0.15) is 5.15 Å². The van der Waals surface area contributed by atoms with Crippen LogP contribution in [-0.4, -0.2) is 16.1 Å². The van der Waals surface area contributed by atoms with Gasteiger partial charge in [-0.3, -0.25) is 0 Å². The molecule has 0 saturated heterocycles. The maximum atomic E-state index is 10.8. The Morgan fingerprint density at radius 2 is 1.86 bits per heavy atom. The van der Waals surface area contributed by atoms with Crippen molar-refractivity contribution in [3.05, 3.63) is 70.9 Å². The number of hydrogen-bond donors (Lipinski definition) is 2. The lowest BCUT2D eigenvalue weighted by molar-refractivity contribution is 0.0697. The molecule has 2 aromatic carbocycles. The van der Waals surface area contributed by atoms with Crippen LogP contribution >= 0.6 is 11.6 Å². The van der Waals surface area contributed by atoms with Gasteiger partial charge in [-0.15, -0.1) is 0 Å². The van der Waals surface area contributed by atoms with E-state index in [9.17, 15) is 4.79 Å². The third-order valence-corrected chi connectivity index (χ3v) is 3.69. The Labute approximate surface area is 132 Å². The molecule has 1 aromatic heterocycles. The Morgan fingerprint density at radius 3 is 2.59 bits per heavy atom. The molecule has 22 heavy (non-hydrogen) atoms. The number of benzene rings is 2. The fraction of sp³-hybridized carbons (Fsp3) is 0.0588. The summed E-state index contributed by atoms with van der Waals surface area (Å²) in [6.45, 7) is 0.517. The zero-order chi connectivity index (χ0) is 15.5. The highest BCUT2D eigenvalue weighted by Gasteiger charge is 2.05. The lowest BCUT2D eigenvalue weighted by Crippen LogP contribution is -2.02. The van der Waals surface area contributed by atoms with Crippen molar-refractivity contribution in [2.75, 3.05) is 5.32 Å². The van der Waals surface area contributed by atoms with E-state index in [2.05, 4.69) is 10.3 Å². The van der Waals surface area contributed by atoms with Crippen molar-refractivity contribution in [2.24, 2.45) is 0 Å². The number of nitrogens with one attached hydrogen (secondary N) is 1. The van der Waals surface area contributed by atoms with Crippen LogP contribution in [0.1, 0.15) is 15.9 Å². The summed E-state index contributed by atoms with van der Waals surface area (Å²) in [7, 11) is 0. The molecule has 3 rings (SSSR count). The molecule has 2 N–H and O–H groups in total. The smallest absolute Gasteiger partial charge is 0.335 e. The first-order valence-electron chi connectivity index (χ1n) is 6.75. The van der Waals surface area contributed by atoms with Crippen molar-refractivity contribution in [3.8, 4) is 0 Å². The standard InChI is InChI=1S/C17H13ClN2O2/c18-16-13(9-12-3-1-2-4-15(12)20-16)10-19-14-7-5-11(6-8-14)17(21)22/h1-9,19H,10H2,(H,21,22). The van der Waals surface area contributed by atoms with Gasteiger partial charge in [0.15, 0.2) is 0 Å². The lowest BCUT2D eigenvalue weighted by atomic mass is 10.1. The molecule has 0 aliphatic heterocycles. The van der Waals surface area contributed by atoms with E-state index in [0.29, 0.717) is 11.7 Å². The van der Waals surface area contributed by atoms with Crippen molar-refractivity contribution >= 4 is 34.2 Å². The number of carboxylic acid groups (broad SMARTS) is 1. The summed E-state index contributed by atoms with van der Waals surface area (Å²) in [5.74, 6) is -0.937. The summed E-state index contributed by atoms with van der Waals surface area (Å²) in [6, 6.07) is 16.4. The first-order chi connectivity index (χ1) is 10.6. The summed E-state index contributed by atoms with van der Waals surface area (Å²) in [5.41, 5.74) is 2.84. The molecule has 0 aliphatic rings. The fourth-order valence-corrected chi connectivity index (χ4v) is 2.40. The van der Waals surface area contributed by atoms with E-state index in [-0.39, 0.29) is 5.56 Å². The molecule has 0 radical (unpaired) electrons. The van der Waals surface area contributed by atoms with E-state index in [1.54, 1.807) is 24.3 Å². The number of aromatic nitrogens is 1. The Hall–Kier alpha value is -2.59. The molecule has 0 unspecified atom stereocenters. The van der Waals surface area contributed by atoms with Crippen molar-refractivity contribution < 1.29 is 9.90 Å². The van der Waals surface area contributed by atoms with Crippen LogP contribution in [0.3, 0.4) is 0 Å². The highest BCUT2D eigenvalue weighted by Crippen LogP contribution is 2.21. The third kappa shape index (κ3) is 3.02. The van der Waals surface area contributed by atoms with Gasteiger partial charge in [-0.2, -0.15) is 0 Å². The number of anilines is 1. The largest absolute Gasteiger partial charge is 0.478 e. The second-order valence-corrected chi connectivity index (χ2v) is 5.23. The molecular formula is C17H13ClN2O2. The van der Waals surface area contributed by atoms with Crippen molar-refractivity contribution in [3.63, 3.8) is 0 Å². The molecule has 0 fully saturated rings. The highest BCUT2D eigenvalue weighted by molar-refractivity contribution is 6.30. The normalized spacial score (nSPS) is 10.6. The van der Waals surface area contributed by atoms with E-state index in [0.717, 1.165) is 22.2 Å². The minimum atomic E-state index is -0.937. The lowest BCUT2D eigenvalue weighted by Gasteiger charge is -2.09. The van der Waals surface area contributed by atoms with Gasteiger partial charge in [0.2, 0.25) is 0 Å². The molecule has 110 valence electrons. The van der Waals surface area contributed by atoms with Crippen molar-refractivity contribution in [2.45, 2.75) is 6.54 Å². The molecule has 0 bridgehead atoms. The number of nitrogens with zero attached hydrogens (tertiary/aromatic N) is 1. The molecular weight excluding hydrogens is 300 g/mol. The van der Waals surface area contributed by atoms with Gasteiger partial charge in [-0.05, 0) is 36.4 Å². The van der Waals surface area contributed by atoms with Crippen LogP contribution in [0.2, 0.25) is 5.15 Å². The van der Waals surface area contributed by atoms with Crippen molar-refractivity contribution in [1.82, 2.24) is 4.98 Å². The van der Waals surface area contributed by atoms with E-state index in [1.807, 2.05) is 30.3 Å². The number of aromatic carboxylic acids is 1. The van der Waals surface area contributed by atoms with Crippen LogP contribution in [0.25, 0.3) is 10.9 Å². The second kappa shape index (κ2) is 6.03. The topological polar surface area (TPSA) is 62.2 Å². The van der Waals surface area contributed by atoms with Crippen LogP contribution in [0.15, 0.2) is 54.6 Å². The van der Waals surface area contributed by atoms with Gasteiger partial charge < -0.3 is 10.4 Å². The van der Waals surface area contributed by atoms with Gasteiger partial charge in [0.05, 0.1) is 11.1 Å². The average molecular weight is 313 g/mol. The molecule has 0 atom stereocenters. The first kappa shape index (κ1) is 14.4. The van der Waals surface area contributed by atoms with Crippen LogP contribution in [0.5, 0.6) is 0 Å². The number of fused-ring (bicyclic) bond motifs is 1. The Bertz CT molecular complexity index is 832. The minimum absolute atomic E-state index is 0.260. The zero-order valence-corrected chi connectivity index (χ0v) is 12.3. The molecule has 1 heterocycles. The number of carboxylic acids is 1. The molecule has 0 aliphatic carbocycles. The van der Waals surface area contributed by atoms with Crippen LogP contribution in [0.4, 0.5) is 5.69 Å². The molecule has 3 aromatic rings. The Kier molecular flexibility index (Phi) is 3.94. The van der Waals surface area contributed by atoms with Crippen LogP contribution in [-0.2, 0) is 6.54 Å². The number of rotatable bonds is 4. The van der Waals surface area contributed by atoms with E-state index < -0.39 is 5.97 Å². The van der Waals surface area contributed by atoms with Gasteiger partial charge in [-0.1, -0.05) is 29.8 Å². The maximum absolute atomic E-state index is 10.8. The molecule has 4 nitrogen and oxygen atoms in total. The summed E-state index contributed by atoms with van der Waals surface area (Å²) in [4.78, 5) is 15.2. The number of pyridine rings is 1. The van der Waals surface area contributed by atoms with Gasteiger partial charge in [-0.25, -0.2) is 9.78 Å². The number of carbonyl (C=O) groups is 1. The monoisotopic (exact) mass is 312 g/mol. The highest BCUT2D eigenvalue weighted by atomic mass is 35.5. The maximum Gasteiger partial charge on any atom is 0.335 e. The quantitative estimate of drug-likeness (QED) is 0.709. The molecule has 0 saturated carbocycles. The van der Waals surface area contributed by atoms with E-state index in [1.165, 1.54) is 0 Å².